The Labute approximate surface area is 212 Å². The normalized spacial score (nSPS) is 20.0. The zero-order valence-electron chi connectivity index (χ0n) is 21.7. The van der Waals surface area contributed by atoms with E-state index < -0.39 is 12.1 Å². The number of benzene rings is 1. The first-order valence-corrected chi connectivity index (χ1v) is 12.5. The fourth-order valence-electron chi connectivity index (χ4n) is 4.86. The lowest BCUT2D eigenvalue weighted by atomic mass is 9.72. The molecule has 1 aromatic heterocycles. The van der Waals surface area contributed by atoms with Gasteiger partial charge in [0.2, 0.25) is 0 Å². The SMILES string of the molecule is CCNC(=O)Nc1ccc(-c2nc3c(c(N4CCOCC4)n2)C(C(C)(C)C)CN(C(=O)O)C3C)cc1. The van der Waals surface area contributed by atoms with E-state index in [2.05, 4.69) is 36.3 Å². The quantitative estimate of drug-likeness (QED) is 0.577. The average Bonchev–Trinajstić information content (AvgIpc) is 2.84. The Morgan fingerprint density at radius 3 is 2.39 bits per heavy atom. The minimum Gasteiger partial charge on any atom is -0.465 e. The van der Waals surface area contributed by atoms with Crippen molar-refractivity contribution in [2.75, 3.05) is 49.6 Å². The van der Waals surface area contributed by atoms with Gasteiger partial charge in [0.05, 0.1) is 24.9 Å². The van der Waals surface area contributed by atoms with Crippen molar-refractivity contribution in [2.45, 2.75) is 46.6 Å². The minimum atomic E-state index is -0.948. The van der Waals surface area contributed by atoms with Gasteiger partial charge in [-0.2, -0.15) is 0 Å². The summed E-state index contributed by atoms with van der Waals surface area (Å²) in [6.07, 6.45) is -0.948. The molecular formula is C26H36N6O4. The third-order valence-electron chi connectivity index (χ3n) is 6.89. The largest absolute Gasteiger partial charge is 0.465 e. The third kappa shape index (κ3) is 5.23. The highest BCUT2D eigenvalue weighted by Crippen LogP contribution is 2.47. The second-order valence-corrected chi connectivity index (χ2v) is 10.4. The summed E-state index contributed by atoms with van der Waals surface area (Å²) >= 11 is 0. The molecule has 3 heterocycles. The van der Waals surface area contributed by atoms with E-state index in [-0.39, 0.29) is 17.4 Å². The van der Waals surface area contributed by atoms with Crippen LogP contribution in [-0.4, -0.2) is 71.5 Å². The van der Waals surface area contributed by atoms with Gasteiger partial charge in [-0.05, 0) is 43.5 Å². The number of morpholine rings is 1. The van der Waals surface area contributed by atoms with Crippen LogP contribution in [0.5, 0.6) is 0 Å². The molecule has 0 radical (unpaired) electrons. The summed E-state index contributed by atoms with van der Waals surface area (Å²) in [5.41, 5.74) is 3.04. The van der Waals surface area contributed by atoms with E-state index in [4.69, 9.17) is 14.7 Å². The summed E-state index contributed by atoms with van der Waals surface area (Å²) in [4.78, 5) is 37.8. The molecule has 3 amide bonds. The van der Waals surface area contributed by atoms with Crippen LogP contribution in [0.1, 0.15) is 57.8 Å². The van der Waals surface area contributed by atoms with Crippen molar-refractivity contribution >= 4 is 23.6 Å². The van der Waals surface area contributed by atoms with Crippen molar-refractivity contribution in [1.29, 1.82) is 0 Å². The summed E-state index contributed by atoms with van der Waals surface area (Å²) in [6, 6.07) is 6.70. The summed E-state index contributed by atoms with van der Waals surface area (Å²) in [6.45, 7) is 13.8. The molecule has 2 unspecified atom stereocenters. The second kappa shape index (κ2) is 10.3. The molecule has 194 valence electrons. The number of fused-ring (bicyclic) bond motifs is 1. The number of anilines is 2. The first kappa shape index (κ1) is 25.7. The molecule has 0 bridgehead atoms. The Balaban J connectivity index is 1.82. The number of hydrogen-bond donors (Lipinski definition) is 3. The molecule has 1 saturated heterocycles. The van der Waals surface area contributed by atoms with Crippen LogP contribution >= 0.6 is 0 Å². The molecule has 4 rings (SSSR count). The highest BCUT2D eigenvalue weighted by atomic mass is 16.5. The van der Waals surface area contributed by atoms with Crippen molar-refractivity contribution in [2.24, 2.45) is 5.41 Å². The number of carbonyl (C=O) groups is 2. The molecule has 10 nitrogen and oxygen atoms in total. The van der Waals surface area contributed by atoms with Crippen LogP contribution in [0, 0.1) is 5.41 Å². The number of hydrogen-bond acceptors (Lipinski definition) is 6. The lowest BCUT2D eigenvalue weighted by Crippen LogP contribution is -2.46. The van der Waals surface area contributed by atoms with Crippen molar-refractivity contribution in [3.63, 3.8) is 0 Å². The van der Waals surface area contributed by atoms with Crippen molar-refractivity contribution < 1.29 is 19.4 Å². The van der Waals surface area contributed by atoms with Gasteiger partial charge in [-0.15, -0.1) is 0 Å². The molecule has 2 aliphatic rings. The van der Waals surface area contributed by atoms with E-state index in [1.165, 1.54) is 4.90 Å². The van der Waals surface area contributed by atoms with Crippen LogP contribution in [0.15, 0.2) is 24.3 Å². The smallest absolute Gasteiger partial charge is 0.407 e. The Morgan fingerprint density at radius 1 is 1.14 bits per heavy atom. The van der Waals surface area contributed by atoms with Gasteiger partial charge in [0, 0.05) is 48.9 Å². The topological polar surface area (TPSA) is 120 Å². The van der Waals surface area contributed by atoms with Crippen LogP contribution in [0.2, 0.25) is 0 Å². The van der Waals surface area contributed by atoms with E-state index in [0.717, 1.165) is 22.6 Å². The maximum atomic E-state index is 12.2. The fraction of sp³-hybridized carbons (Fsp3) is 0.538. The molecule has 1 aromatic carbocycles. The molecule has 2 aliphatic heterocycles. The van der Waals surface area contributed by atoms with E-state index >= 15 is 0 Å². The molecule has 1 fully saturated rings. The number of aromatic nitrogens is 2. The maximum absolute atomic E-state index is 12.2. The summed E-state index contributed by atoms with van der Waals surface area (Å²) in [5.74, 6) is 1.33. The lowest BCUT2D eigenvalue weighted by Gasteiger charge is -2.44. The monoisotopic (exact) mass is 496 g/mol. The van der Waals surface area contributed by atoms with Gasteiger partial charge in [0.15, 0.2) is 5.82 Å². The van der Waals surface area contributed by atoms with Crippen LogP contribution < -0.4 is 15.5 Å². The summed E-state index contributed by atoms with van der Waals surface area (Å²) in [5, 5.41) is 15.5. The lowest BCUT2D eigenvalue weighted by molar-refractivity contribution is 0.101. The van der Waals surface area contributed by atoms with Gasteiger partial charge in [-0.1, -0.05) is 20.8 Å². The first-order chi connectivity index (χ1) is 17.1. The zero-order valence-corrected chi connectivity index (χ0v) is 21.7. The van der Waals surface area contributed by atoms with Gasteiger partial charge in [0.1, 0.15) is 5.82 Å². The highest BCUT2D eigenvalue weighted by molar-refractivity contribution is 5.89. The van der Waals surface area contributed by atoms with E-state index in [1.807, 2.05) is 38.1 Å². The Hall–Kier alpha value is -3.40. The molecule has 36 heavy (non-hydrogen) atoms. The summed E-state index contributed by atoms with van der Waals surface area (Å²) in [7, 11) is 0. The number of nitrogens with zero attached hydrogens (tertiary/aromatic N) is 4. The fourth-order valence-corrected chi connectivity index (χ4v) is 4.86. The predicted octanol–water partition coefficient (Wildman–Crippen LogP) is 4.31. The van der Waals surface area contributed by atoms with Crippen molar-refractivity contribution in [3.05, 3.63) is 35.5 Å². The molecule has 2 atom stereocenters. The van der Waals surface area contributed by atoms with E-state index in [0.29, 0.717) is 50.9 Å². The molecule has 3 N–H and O–H groups in total. The zero-order chi connectivity index (χ0) is 26.0. The van der Waals surface area contributed by atoms with E-state index in [9.17, 15) is 14.7 Å². The van der Waals surface area contributed by atoms with Gasteiger partial charge >= 0.3 is 12.1 Å². The number of urea groups is 1. The number of carboxylic acid groups (broad SMARTS) is 1. The third-order valence-corrected chi connectivity index (χ3v) is 6.89. The Morgan fingerprint density at radius 2 is 1.81 bits per heavy atom. The van der Waals surface area contributed by atoms with Crippen LogP contribution in [-0.2, 0) is 4.74 Å². The van der Waals surface area contributed by atoms with Gasteiger partial charge < -0.3 is 25.4 Å². The van der Waals surface area contributed by atoms with Crippen molar-refractivity contribution in [1.82, 2.24) is 20.2 Å². The van der Waals surface area contributed by atoms with Crippen LogP contribution in [0.25, 0.3) is 11.4 Å². The number of carbonyl (C=O) groups excluding carboxylic acids is 1. The average molecular weight is 497 g/mol. The molecule has 10 heteroatoms. The number of ether oxygens (including phenoxy) is 1. The predicted molar refractivity (Wildman–Crippen MR) is 139 cm³/mol. The van der Waals surface area contributed by atoms with Crippen molar-refractivity contribution in [3.8, 4) is 11.4 Å². The number of amides is 3. The Kier molecular flexibility index (Phi) is 7.35. The standard InChI is InChI=1S/C26H36N6O4/c1-6-27-24(33)28-18-9-7-17(8-10-18)22-29-21-16(2)32(25(34)35)15-19(26(3,4)5)20(21)23(30-22)31-11-13-36-14-12-31/h7-10,16,19H,6,11-15H2,1-5H3,(H,34,35)(H2,27,28,33). The van der Waals surface area contributed by atoms with Gasteiger partial charge in [0.25, 0.3) is 0 Å². The van der Waals surface area contributed by atoms with Crippen LogP contribution in [0.4, 0.5) is 21.1 Å². The second-order valence-electron chi connectivity index (χ2n) is 10.4. The highest BCUT2D eigenvalue weighted by Gasteiger charge is 2.43. The first-order valence-electron chi connectivity index (χ1n) is 12.5. The van der Waals surface area contributed by atoms with Gasteiger partial charge in [-0.25, -0.2) is 19.6 Å². The molecule has 0 saturated carbocycles. The molecular weight excluding hydrogens is 460 g/mol. The molecule has 0 spiro atoms. The number of nitrogens with one attached hydrogen (secondary N) is 2. The Bertz CT molecular complexity index is 1110. The van der Waals surface area contributed by atoms with Crippen LogP contribution in [0.3, 0.4) is 0 Å². The maximum Gasteiger partial charge on any atom is 0.407 e. The molecule has 0 aliphatic carbocycles. The van der Waals surface area contributed by atoms with E-state index in [1.54, 1.807) is 0 Å². The summed E-state index contributed by atoms with van der Waals surface area (Å²) < 4.78 is 5.60. The number of rotatable bonds is 4. The minimum absolute atomic E-state index is 0.0599. The van der Waals surface area contributed by atoms with Gasteiger partial charge in [-0.3, -0.25) is 4.90 Å². The molecule has 2 aromatic rings.